The lowest BCUT2D eigenvalue weighted by Crippen LogP contribution is -2.10. The third-order valence-electron chi connectivity index (χ3n) is 2.23. The molecule has 2 aromatic carbocycles. The van der Waals surface area contributed by atoms with Crippen LogP contribution >= 0.6 is 0 Å². The largest absolute Gasteiger partial charge is 0.454 e. The van der Waals surface area contributed by atoms with Crippen molar-refractivity contribution in [1.29, 1.82) is 5.41 Å². The molecular formula is C13H11FN2O. The summed E-state index contributed by atoms with van der Waals surface area (Å²) in [5, 5.41) is 7.24. The molecule has 0 aliphatic carbocycles. The molecule has 3 N–H and O–H groups in total. The van der Waals surface area contributed by atoms with Gasteiger partial charge in [-0.05, 0) is 36.4 Å². The average Bonchev–Trinajstić information content (AvgIpc) is 2.33. The van der Waals surface area contributed by atoms with Gasteiger partial charge in [-0.1, -0.05) is 12.1 Å². The minimum Gasteiger partial charge on any atom is -0.454 e. The molecule has 4 heteroatoms. The topological polar surface area (TPSA) is 59.1 Å². The van der Waals surface area contributed by atoms with Crippen molar-refractivity contribution in [2.75, 3.05) is 0 Å². The molecule has 0 fully saturated rings. The Morgan fingerprint density at radius 2 is 1.71 bits per heavy atom. The number of para-hydroxylation sites is 1. The molecule has 0 atom stereocenters. The van der Waals surface area contributed by atoms with Gasteiger partial charge >= 0.3 is 0 Å². The molecule has 0 radical (unpaired) electrons. The molecule has 0 amide bonds. The van der Waals surface area contributed by atoms with Crippen LogP contribution in [-0.2, 0) is 0 Å². The van der Waals surface area contributed by atoms with Crippen molar-refractivity contribution in [3.05, 3.63) is 59.9 Å². The number of ether oxygens (including phenoxy) is 1. The normalized spacial score (nSPS) is 9.94. The number of hydrogen-bond donors (Lipinski definition) is 2. The first kappa shape index (κ1) is 11.1. The Kier molecular flexibility index (Phi) is 3.05. The van der Waals surface area contributed by atoms with E-state index in [1.165, 1.54) is 6.07 Å². The molecule has 0 saturated heterocycles. The van der Waals surface area contributed by atoms with Gasteiger partial charge in [-0.2, -0.15) is 0 Å². The summed E-state index contributed by atoms with van der Waals surface area (Å²) >= 11 is 0. The Morgan fingerprint density at radius 3 is 2.29 bits per heavy atom. The van der Waals surface area contributed by atoms with Gasteiger partial charge in [0.25, 0.3) is 0 Å². The van der Waals surface area contributed by atoms with Crippen LogP contribution in [0.1, 0.15) is 5.56 Å². The SMILES string of the molecule is N=C(N)c1ccc(Oc2ccccc2F)cc1. The number of halogens is 1. The maximum absolute atomic E-state index is 13.3. The highest BCUT2D eigenvalue weighted by atomic mass is 19.1. The zero-order chi connectivity index (χ0) is 12.3. The van der Waals surface area contributed by atoms with E-state index in [1.54, 1.807) is 42.5 Å². The quantitative estimate of drug-likeness (QED) is 0.629. The average molecular weight is 230 g/mol. The van der Waals surface area contributed by atoms with E-state index in [4.69, 9.17) is 15.9 Å². The summed E-state index contributed by atoms with van der Waals surface area (Å²) in [7, 11) is 0. The Labute approximate surface area is 98.2 Å². The van der Waals surface area contributed by atoms with Crippen molar-refractivity contribution >= 4 is 5.84 Å². The van der Waals surface area contributed by atoms with Crippen LogP contribution in [0, 0.1) is 11.2 Å². The molecule has 0 saturated carbocycles. The lowest BCUT2D eigenvalue weighted by molar-refractivity contribution is 0.442. The second-order valence-corrected chi connectivity index (χ2v) is 3.47. The monoisotopic (exact) mass is 230 g/mol. The third-order valence-corrected chi connectivity index (χ3v) is 2.23. The van der Waals surface area contributed by atoms with Gasteiger partial charge in [0.2, 0.25) is 0 Å². The second-order valence-electron chi connectivity index (χ2n) is 3.47. The van der Waals surface area contributed by atoms with E-state index >= 15 is 0 Å². The van der Waals surface area contributed by atoms with E-state index in [1.807, 2.05) is 0 Å². The van der Waals surface area contributed by atoms with Crippen molar-refractivity contribution in [3.8, 4) is 11.5 Å². The zero-order valence-corrected chi connectivity index (χ0v) is 8.98. The summed E-state index contributed by atoms with van der Waals surface area (Å²) in [6, 6.07) is 12.8. The van der Waals surface area contributed by atoms with Crippen molar-refractivity contribution in [2.45, 2.75) is 0 Å². The van der Waals surface area contributed by atoms with Crippen LogP contribution in [0.25, 0.3) is 0 Å². The predicted octanol–water partition coefficient (Wildman–Crippen LogP) is 2.90. The standard InChI is InChI=1S/C13H11FN2O/c14-11-3-1-2-4-12(11)17-10-7-5-9(6-8-10)13(15)16/h1-8H,(H3,15,16). The van der Waals surface area contributed by atoms with Gasteiger partial charge in [-0.3, -0.25) is 5.41 Å². The van der Waals surface area contributed by atoms with E-state index in [-0.39, 0.29) is 11.6 Å². The second kappa shape index (κ2) is 4.65. The van der Waals surface area contributed by atoms with Gasteiger partial charge in [0.05, 0.1) is 0 Å². The van der Waals surface area contributed by atoms with Gasteiger partial charge in [0.1, 0.15) is 11.6 Å². The lowest BCUT2D eigenvalue weighted by Gasteiger charge is -2.06. The predicted molar refractivity (Wildman–Crippen MR) is 63.9 cm³/mol. The van der Waals surface area contributed by atoms with Crippen LogP contribution in [0.2, 0.25) is 0 Å². The minimum absolute atomic E-state index is 0.0116. The lowest BCUT2D eigenvalue weighted by atomic mass is 10.2. The Bertz CT molecular complexity index is 537. The molecule has 2 aromatic rings. The summed E-state index contributed by atoms with van der Waals surface area (Å²) in [6.07, 6.45) is 0. The molecular weight excluding hydrogens is 219 g/mol. The van der Waals surface area contributed by atoms with E-state index < -0.39 is 5.82 Å². The van der Waals surface area contributed by atoms with Gasteiger partial charge in [0, 0.05) is 5.56 Å². The summed E-state index contributed by atoms with van der Waals surface area (Å²) in [5.41, 5.74) is 5.93. The maximum Gasteiger partial charge on any atom is 0.165 e. The molecule has 2 rings (SSSR count). The fourth-order valence-electron chi connectivity index (χ4n) is 1.36. The van der Waals surface area contributed by atoms with E-state index in [2.05, 4.69) is 0 Å². The van der Waals surface area contributed by atoms with Crippen molar-refractivity contribution in [2.24, 2.45) is 5.73 Å². The van der Waals surface area contributed by atoms with Crippen molar-refractivity contribution < 1.29 is 9.13 Å². The number of amidine groups is 1. The van der Waals surface area contributed by atoms with Gasteiger partial charge in [-0.15, -0.1) is 0 Å². The summed E-state index contributed by atoms with van der Waals surface area (Å²) in [4.78, 5) is 0. The number of hydrogen-bond acceptors (Lipinski definition) is 2. The first-order valence-corrected chi connectivity index (χ1v) is 5.03. The molecule has 0 aromatic heterocycles. The zero-order valence-electron chi connectivity index (χ0n) is 8.98. The van der Waals surface area contributed by atoms with Crippen molar-refractivity contribution in [1.82, 2.24) is 0 Å². The molecule has 0 aliphatic heterocycles. The van der Waals surface area contributed by atoms with Crippen LogP contribution < -0.4 is 10.5 Å². The number of rotatable bonds is 3. The fourth-order valence-corrected chi connectivity index (χ4v) is 1.36. The van der Waals surface area contributed by atoms with Gasteiger partial charge in [-0.25, -0.2) is 4.39 Å². The molecule has 17 heavy (non-hydrogen) atoms. The molecule has 86 valence electrons. The number of nitrogen functional groups attached to an aromatic ring is 1. The third kappa shape index (κ3) is 2.60. The first-order valence-electron chi connectivity index (χ1n) is 5.03. The molecule has 0 bridgehead atoms. The highest BCUT2D eigenvalue weighted by molar-refractivity contribution is 5.94. The molecule has 0 spiro atoms. The minimum atomic E-state index is -0.414. The summed E-state index contributed by atoms with van der Waals surface area (Å²) in [6.45, 7) is 0. The van der Waals surface area contributed by atoms with Gasteiger partial charge < -0.3 is 10.5 Å². The van der Waals surface area contributed by atoms with Gasteiger partial charge in [0.15, 0.2) is 11.6 Å². The highest BCUT2D eigenvalue weighted by Crippen LogP contribution is 2.23. The molecule has 0 heterocycles. The van der Waals surface area contributed by atoms with Crippen molar-refractivity contribution in [3.63, 3.8) is 0 Å². The van der Waals surface area contributed by atoms with Crippen LogP contribution in [0.5, 0.6) is 11.5 Å². The number of benzene rings is 2. The van der Waals surface area contributed by atoms with Crippen LogP contribution in [-0.4, -0.2) is 5.84 Å². The van der Waals surface area contributed by atoms with E-state index in [0.717, 1.165) is 0 Å². The Balaban J connectivity index is 2.20. The smallest absolute Gasteiger partial charge is 0.165 e. The first-order chi connectivity index (χ1) is 8.16. The Hall–Kier alpha value is -2.36. The Morgan fingerprint density at radius 1 is 1.06 bits per heavy atom. The number of nitrogens with two attached hydrogens (primary N) is 1. The molecule has 0 aliphatic rings. The van der Waals surface area contributed by atoms with E-state index in [0.29, 0.717) is 11.3 Å². The highest BCUT2D eigenvalue weighted by Gasteiger charge is 2.03. The summed E-state index contributed by atoms with van der Waals surface area (Å²) < 4.78 is 18.7. The molecule has 0 unspecified atom stereocenters. The summed E-state index contributed by atoms with van der Waals surface area (Å²) in [5.74, 6) is 0.244. The molecule has 3 nitrogen and oxygen atoms in total. The van der Waals surface area contributed by atoms with Crippen LogP contribution in [0.15, 0.2) is 48.5 Å². The van der Waals surface area contributed by atoms with Crippen LogP contribution in [0.4, 0.5) is 4.39 Å². The number of nitrogens with one attached hydrogen (secondary N) is 1. The maximum atomic E-state index is 13.3. The fraction of sp³-hybridized carbons (Fsp3) is 0. The van der Waals surface area contributed by atoms with Crippen LogP contribution in [0.3, 0.4) is 0 Å². The van der Waals surface area contributed by atoms with E-state index in [9.17, 15) is 4.39 Å².